The van der Waals surface area contributed by atoms with Crippen LogP contribution in [0.4, 0.5) is 4.39 Å². The van der Waals surface area contributed by atoms with Crippen LogP contribution >= 0.6 is 28.1 Å². The number of hydrogen-bond donors (Lipinski definition) is 1. The van der Waals surface area contributed by atoms with Gasteiger partial charge in [-0.05, 0) is 31.2 Å². The number of nitrogens with zero attached hydrogens (tertiary/aromatic N) is 2. The molecule has 0 atom stereocenters. The summed E-state index contributed by atoms with van der Waals surface area (Å²) >= 11 is 8.00. The summed E-state index contributed by atoms with van der Waals surface area (Å²) in [6.07, 6.45) is 0. The summed E-state index contributed by atoms with van der Waals surface area (Å²) in [4.78, 5) is 8.19. The fraction of sp³-hybridized carbons (Fsp3) is 0.0833. The van der Waals surface area contributed by atoms with Crippen LogP contribution in [-0.2, 0) is 0 Å². The van der Waals surface area contributed by atoms with Gasteiger partial charge < -0.3 is 10.5 Å². The lowest BCUT2D eigenvalue weighted by Gasteiger charge is -2.07. The second kappa shape index (κ2) is 5.58. The van der Waals surface area contributed by atoms with E-state index in [9.17, 15) is 4.39 Å². The highest BCUT2D eigenvalue weighted by Gasteiger charge is 2.10. The third-order valence-corrected chi connectivity index (χ3v) is 2.88. The smallest absolute Gasteiger partial charge is 0.322 e. The summed E-state index contributed by atoms with van der Waals surface area (Å²) in [5, 5.41) is 0. The van der Waals surface area contributed by atoms with Crippen LogP contribution in [0.5, 0.6) is 11.8 Å². The average Bonchev–Trinajstić information content (AvgIpc) is 2.32. The molecule has 0 aliphatic carbocycles. The van der Waals surface area contributed by atoms with E-state index in [1.54, 1.807) is 19.1 Å². The molecule has 1 heterocycles. The van der Waals surface area contributed by atoms with Gasteiger partial charge in [0.05, 0.1) is 0 Å². The Morgan fingerprint density at radius 1 is 1.37 bits per heavy atom. The minimum absolute atomic E-state index is 0.00372. The number of hydrogen-bond acceptors (Lipinski definition) is 4. The summed E-state index contributed by atoms with van der Waals surface area (Å²) in [5.41, 5.74) is 6.51. The van der Waals surface area contributed by atoms with E-state index in [0.29, 0.717) is 15.9 Å². The molecular formula is C12H9BrFN3OS. The molecule has 2 rings (SSSR count). The Morgan fingerprint density at radius 3 is 2.74 bits per heavy atom. The number of ether oxygens (including phenoxy) is 1. The van der Waals surface area contributed by atoms with Crippen molar-refractivity contribution in [1.82, 2.24) is 9.97 Å². The van der Waals surface area contributed by atoms with Crippen molar-refractivity contribution < 1.29 is 9.13 Å². The molecule has 0 radical (unpaired) electrons. The zero-order valence-corrected chi connectivity index (χ0v) is 12.3. The summed E-state index contributed by atoms with van der Waals surface area (Å²) < 4.78 is 19.6. The maximum absolute atomic E-state index is 13.6. The van der Waals surface area contributed by atoms with Crippen molar-refractivity contribution in [3.05, 3.63) is 45.9 Å². The Morgan fingerprint density at radius 2 is 2.11 bits per heavy atom. The fourth-order valence-electron chi connectivity index (χ4n) is 1.37. The number of halogens is 2. The predicted octanol–water partition coefficient (Wildman–Crippen LogP) is 3.11. The molecule has 0 saturated carbocycles. The van der Waals surface area contributed by atoms with E-state index in [0.717, 1.165) is 0 Å². The summed E-state index contributed by atoms with van der Waals surface area (Å²) in [5.74, 6) is -0.487. The molecule has 0 saturated heterocycles. The van der Waals surface area contributed by atoms with Gasteiger partial charge in [-0.15, -0.1) is 0 Å². The molecule has 0 aliphatic heterocycles. The molecule has 19 heavy (non-hydrogen) atoms. The van der Waals surface area contributed by atoms with E-state index < -0.39 is 5.82 Å². The lowest BCUT2D eigenvalue weighted by atomic mass is 10.3. The van der Waals surface area contributed by atoms with Gasteiger partial charge in [0, 0.05) is 10.2 Å². The van der Waals surface area contributed by atoms with Gasteiger partial charge in [-0.1, -0.05) is 28.1 Å². The van der Waals surface area contributed by atoms with Crippen molar-refractivity contribution in [2.75, 3.05) is 0 Å². The Labute approximate surface area is 123 Å². The minimum atomic E-state index is -0.517. The molecule has 2 aromatic rings. The maximum Gasteiger partial charge on any atom is 0.322 e. The third-order valence-electron chi connectivity index (χ3n) is 2.18. The summed E-state index contributed by atoms with van der Waals surface area (Å²) in [6.45, 7) is 1.74. The van der Waals surface area contributed by atoms with Crippen molar-refractivity contribution in [2.45, 2.75) is 6.92 Å². The predicted molar refractivity (Wildman–Crippen MR) is 76.8 cm³/mol. The molecule has 98 valence electrons. The Hall–Kier alpha value is -1.60. The van der Waals surface area contributed by atoms with Crippen LogP contribution in [0.2, 0.25) is 0 Å². The first-order valence-corrected chi connectivity index (χ1v) is 6.44. The molecule has 0 spiro atoms. The van der Waals surface area contributed by atoms with Crippen LogP contribution in [0.15, 0.2) is 28.7 Å². The first-order chi connectivity index (χ1) is 8.95. The van der Waals surface area contributed by atoms with Crippen molar-refractivity contribution in [1.29, 1.82) is 0 Å². The van der Waals surface area contributed by atoms with E-state index in [4.69, 9.17) is 22.7 Å². The fourth-order valence-corrected chi connectivity index (χ4v) is 1.81. The average molecular weight is 342 g/mol. The molecule has 0 amide bonds. The van der Waals surface area contributed by atoms with E-state index in [-0.39, 0.29) is 16.7 Å². The van der Waals surface area contributed by atoms with Crippen LogP contribution < -0.4 is 10.5 Å². The van der Waals surface area contributed by atoms with E-state index in [1.807, 2.05) is 0 Å². The number of benzene rings is 1. The molecule has 2 N–H and O–H groups in total. The number of aryl methyl sites for hydroxylation is 1. The lowest BCUT2D eigenvalue weighted by Crippen LogP contribution is -2.13. The van der Waals surface area contributed by atoms with Crippen LogP contribution in [-0.4, -0.2) is 15.0 Å². The van der Waals surface area contributed by atoms with Gasteiger partial charge in [0.1, 0.15) is 10.7 Å². The van der Waals surface area contributed by atoms with E-state index >= 15 is 0 Å². The van der Waals surface area contributed by atoms with E-state index in [1.165, 1.54) is 12.1 Å². The zero-order valence-electron chi connectivity index (χ0n) is 9.85. The largest absolute Gasteiger partial charge is 0.421 e. The van der Waals surface area contributed by atoms with Gasteiger partial charge in [-0.3, -0.25) is 0 Å². The van der Waals surface area contributed by atoms with Crippen LogP contribution in [0.25, 0.3) is 0 Å². The van der Waals surface area contributed by atoms with Crippen molar-refractivity contribution in [3.63, 3.8) is 0 Å². The zero-order chi connectivity index (χ0) is 14.0. The summed E-state index contributed by atoms with van der Waals surface area (Å²) in [7, 11) is 0. The first kappa shape index (κ1) is 13.8. The van der Waals surface area contributed by atoms with Crippen LogP contribution in [0.3, 0.4) is 0 Å². The van der Waals surface area contributed by atoms with Crippen molar-refractivity contribution in [3.8, 4) is 11.8 Å². The van der Waals surface area contributed by atoms with Gasteiger partial charge in [-0.25, -0.2) is 9.37 Å². The highest BCUT2D eigenvalue weighted by Crippen LogP contribution is 2.25. The van der Waals surface area contributed by atoms with Crippen LogP contribution in [0.1, 0.15) is 11.4 Å². The molecule has 4 nitrogen and oxygen atoms in total. The van der Waals surface area contributed by atoms with Crippen LogP contribution in [0, 0.1) is 12.7 Å². The van der Waals surface area contributed by atoms with Gasteiger partial charge in [-0.2, -0.15) is 4.98 Å². The molecule has 0 aliphatic rings. The molecule has 0 bridgehead atoms. The monoisotopic (exact) mass is 341 g/mol. The van der Waals surface area contributed by atoms with Crippen molar-refractivity contribution in [2.24, 2.45) is 5.73 Å². The van der Waals surface area contributed by atoms with Gasteiger partial charge in [0.15, 0.2) is 11.6 Å². The Balaban J connectivity index is 2.35. The van der Waals surface area contributed by atoms with E-state index in [2.05, 4.69) is 25.9 Å². The molecular weight excluding hydrogens is 333 g/mol. The number of rotatable bonds is 3. The second-order valence-electron chi connectivity index (χ2n) is 3.72. The Kier molecular flexibility index (Phi) is 4.06. The summed E-state index contributed by atoms with van der Waals surface area (Å²) in [6, 6.07) is 6.06. The first-order valence-electron chi connectivity index (χ1n) is 5.24. The maximum atomic E-state index is 13.6. The molecule has 0 fully saturated rings. The normalized spacial score (nSPS) is 10.3. The molecule has 7 heteroatoms. The highest BCUT2D eigenvalue weighted by atomic mass is 79.9. The third kappa shape index (κ3) is 3.45. The van der Waals surface area contributed by atoms with Gasteiger partial charge in [0.2, 0.25) is 0 Å². The molecule has 1 aromatic carbocycles. The number of aromatic nitrogens is 2. The van der Waals surface area contributed by atoms with Crippen molar-refractivity contribution >= 4 is 33.1 Å². The number of thiocarbonyl (C=S) groups is 1. The SMILES string of the molecule is Cc1cc(C(N)=S)nc(Oc2ccc(Br)cc2F)n1. The topological polar surface area (TPSA) is 61.0 Å². The van der Waals surface area contributed by atoms with Gasteiger partial charge >= 0.3 is 6.01 Å². The molecule has 1 aromatic heterocycles. The number of nitrogens with two attached hydrogens (primary N) is 1. The quantitative estimate of drug-likeness (QED) is 0.869. The molecule has 0 unspecified atom stereocenters. The lowest BCUT2D eigenvalue weighted by molar-refractivity contribution is 0.409. The standard InChI is InChI=1S/C12H9BrFN3OS/c1-6-4-9(11(15)19)17-12(16-6)18-10-3-2-7(13)5-8(10)14/h2-5H,1H3,(H2,15,19). The van der Waals surface area contributed by atoms with Gasteiger partial charge in [0.25, 0.3) is 0 Å². The second-order valence-corrected chi connectivity index (χ2v) is 5.07. The highest BCUT2D eigenvalue weighted by molar-refractivity contribution is 9.10. The Bertz CT molecular complexity index is 651. The minimum Gasteiger partial charge on any atom is -0.421 e.